The predicted molar refractivity (Wildman–Crippen MR) is 55.6 cm³/mol. The van der Waals surface area contributed by atoms with Crippen molar-refractivity contribution in [2.24, 2.45) is 0 Å². The average molecular weight is 210 g/mol. The van der Waals surface area contributed by atoms with Gasteiger partial charge in [-0.05, 0) is 32.6 Å². The van der Waals surface area contributed by atoms with Crippen LogP contribution in [0.3, 0.4) is 0 Å². The lowest BCUT2D eigenvalue weighted by Crippen LogP contribution is -2.57. The summed E-state index contributed by atoms with van der Waals surface area (Å²) in [5.41, 5.74) is 0.0168. The lowest BCUT2D eigenvalue weighted by Gasteiger charge is -2.41. The van der Waals surface area contributed by atoms with Gasteiger partial charge in [-0.15, -0.1) is 0 Å². The molecule has 15 heavy (non-hydrogen) atoms. The number of ether oxygens (including phenoxy) is 1. The molecule has 0 saturated carbocycles. The smallest absolute Gasteiger partial charge is 0.410 e. The first-order chi connectivity index (χ1) is 7.23. The van der Waals surface area contributed by atoms with Crippen LogP contribution in [0.15, 0.2) is 0 Å². The molecule has 3 heterocycles. The van der Waals surface area contributed by atoms with Gasteiger partial charge in [0, 0.05) is 18.6 Å². The second-order valence-electron chi connectivity index (χ2n) is 5.07. The summed E-state index contributed by atoms with van der Waals surface area (Å²) >= 11 is 0. The molecule has 1 amide bonds. The molecule has 1 N–H and O–H groups in total. The molecule has 3 aliphatic heterocycles. The lowest BCUT2D eigenvalue weighted by atomic mass is 9.84. The van der Waals surface area contributed by atoms with Crippen molar-refractivity contribution in [1.29, 1.82) is 0 Å². The Hall–Kier alpha value is -0.770. The van der Waals surface area contributed by atoms with Gasteiger partial charge in [0.15, 0.2) is 0 Å². The Morgan fingerprint density at radius 1 is 1.47 bits per heavy atom. The van der Waals surface area contributed by atoms with E-state index >= 15 is 0 Å². The number of carbonyl (C=O) groups is 1. The predicted octanol–water partition coefficient (Wildman–Crippen LogP) is 1.11. The van der Waals surface area contributed by atoms with Crippen LogP contribution in [-0.4, -0.2) is 41.8 Å². The monoisotopic (exact) mass is 210 g/mol. The zero-order chi connectivity index (χ0) is 10.5. The van der Waals surface area contributed by atoms with Crippen LogP contribution >= 0.6 is 0 Å². The third-order valence-corrected chi connectivity index (χ3v) is 4.16. The van der Waals surface area contributed by atoms with Crippen molar-refractivity contribution in [3.05, 3.63) is 0 Å². The molecule has 2 bridgehead atoms. The van der Waals surface area contributed by atoms with E-state index < -0.39 is 0 Å². The Kier molecular flexibility index (Phi) is 1.96. The number of fused-ring (bicyclic) bond motifs is 2. The van der Waals surface area contributed by atoms with Crippen LogP contribution in [0.5, 0.6) is 0 Å². The highest BCUT2D eigenvalue weighted by Gasteiger charge is 2.53. The maximum Gasteiger partial charge on any atom is 0.410 e. The van der Waals surface area contributed by atoms with Gasteiger partial charge in [0.1, 0.15) is 6.61 Å². The zero-order valence-corrected chi connectivity index (χ0v) is 9.16. The molecule has 3 rings (SSSR count). The number of nitrogens with zero attached hydrogens (tertiary/aromatic N) is 1. The Morgan fingerprint density at radius 3 is 2.73 bits per heavy atom. The second-order valence-corrected chi connectivity index (χ2v) is 5.07. The number of hydrogen-bond acceptors (Lipinski definition) is 3. The Bertz CT molecular complexity index is 280. The van der Waals surface area contributed by atoms with E-state index in [9.17, 15) is 4.79 Å². The molecule has 0 aromatic heterocycles. The number of likely N-dealkylation sites (N-methyl/N-ethyl adjacent to an activating group) is 1. The molecule has 3 aliphatic rings. The van der Waals surface area contributed by atoms with E-state index in [4.69, 9.17) is 4.74 Å². The molecule has 3 saturated heterocycles. The standard InChI is InChI=1S/C11H18N2O2/c1-2-13-10(14)15-7-11(13)5-8-3-4-9(6-11)12-8/h8-9,12H,2-7H2,1H3. The fraction of sp³-hybridized carbons (Fsp3) is 0.909. The van der Waals surface area contributed by atoms with Crippen LogP contribution in [-0.2, 0) is 4.74 Å². The molecule has 3 fully saturated rings. The summed E-state index contributed by atoms with van der Waals surface area (Å²) in [6.45, 7) is 3.42. The minimum Gasteiger partial charge on any atom is -0.447 e. The first-order valence-electron chi connectivity index (χ1n) is 5.94. The Balaban J connectivity index is 1.87. The molecular formula is C11H18N2O2. The molecule has 0 aromatic rings. The van der Waals surface area contributed by atoms with Gasteiger partial charge >= 0.3 is 6.09 Å². The average Bonchev–Trinajstić information content (AvgIpc) is 2.70. The van der Waals surface area contributed by atoms with Gasteiger partial charge in [0.2, 0.25) is 0 Å². The topological polar surface area (TPSA) is 41.6 Å². The van der Waals surface area contributed by atoms with Crippen LogP contribution in [0.1, 0.15) is 32.6 Å². The van der Waals surface area contributed by atoms with Gasteiger partial charge in [0.05, 0.1) is 5.54 Å². The molecule has 84 valence electrons. The van der Waals surface area contributed by atoms with Crippen LogP contribution in [0.4, 0.5) is 4.79 Å². The number of amides is 1. The lowest BCUT2D eigenvalue weighted by molar-refractivity contribution is 0.107. The van der Waals surface area contributed by atoms with E-state index in [-0.39, 0.29) is 11.6 Å². The minimum atomic E-state index is -0.112. The van der Waals surface area contributed by atoms with E-state index in [1.807, 2.05) is 11.8 Å². The van der Waals surface area contributed by atoms with Crippen molar-refractivity contribution in [2.45, 2.75) is 50.2 Å². The number of nitrogens with one attached hydrogen (secondary N) is 1. The molecule has 2 unspecified atom stereocenters. The summed E-state index contributed by atoms with van der Waals surface area (Å²) in [7, 11) is 0. The van der Waals surface area contributed by atoms with Crippen molar-refractivity contribution in [2.75, 3.05) is 13.2 Å². The third kappa shape index (κ3) is 1.27. The minimum absolute atomic E-state index is 0.0168. The van der Waals surface area contributed by atoms with Crippen LogP contribution in [0.25, 0.3) is 0 Å². The van der Waals surface area contributed by atoms with E-state index in [0.717, 1.165) is 19.4 Å². The summed E-state index contributed by atoms with van der Waals surface area (Å²) in [6, 6.07) is 1.21. The number of rotatable bonds is 1. The highest BCUT2D eigenvalue weighted by molar-refractivity contribution is 5.71. The molecule has 0 radical (unpaired) electrons. The number of cyclic esters (lactones) is 1. The largest absolute Gasteiger partial charge is 0.447 e. The summed E-state index contributed by atoms with van der Waals surface area (Å²) < 4.78 is 5.23. The molecule has 4 nitrogen and oxygen atoms in total. The van der Waals surface area contributed by atoms with Gasteiger partial charge in [-0.2, -0.15) is 0 Å². The number of piperidine rings is 1. The highest BCUT2D eigenvalue weighted by atomic mass is 16.6. The second kappa shape index (κ2) is 3.11. The van der Waals surface area contributed by atoms with Crippen LogP contribution < -0.4 is 5.32 Å². The first-order valence-corrected chi connectivity index (χ1v) is 5.94. The van der Waals surface area contributed by atoms with Crippen molar-refractivity contribution < 1.29 is 9.53 Å². The Labute approximate surface area is 90.0 Å². The van der Waals surface area contributed by atoms with Crippen LogP contribution in [0.2, 0.25) is 0 Å². The van der Waals surface area contributed by atoms with Crippen LogP contribution in [0, 0.1) is 0 Å². The van der Waals surface area contributed by atoms with E-state index in [1.54, 1.807) is 0 Å². The summed E-state index contributed by atoms with van der Waals surface area (Å²) in [4.78, 5) is 13.5. The summed E-state index contributed by atoms with van der Waals surface area (Å²) in [5.74, 6) is 0. The zero-order valence-electron chi connectivity index (χ0n) is 9.16. The van der Waals surface area contributed by atoms with E-state index in [2.05, 4.69) is 5.32 Å². The molecule has 0 aromatic carbocycles. The maximum atomic E-state index is 11.6. The summed E-state index contributed by atoms with van der Waals surface area (Å²) in [6.07, 6.45) is 4.56. The molecule has 0 aliphatic carbocycles. The third-order valence-electron chi connectivity index (χ3n) is 4.16. The molecule has 1 spiro atoms. The highest BCUT2D eigenvalue weighted by Crippen LogP contribution is 2.41. The van der Waals surface area contributed by atoms with Gasteiger partial charge in [-0.3, -0.25) is 4.90 Å². The fourth-order valence-corrected chi connectivity index (χ4v) is 3.57. The SMILES string of the molecule is CCN1C(=O)OCC12CC1CCC(C2)N1. The number of carbonyl (C=O) groups excluding carboxylic acids is 1. The fourth-order valence-electron chi connectivity index (χ4n) is 3.57. The van der Waals surface area contributed by atoms with Crippen molar-refractivity contribution >= 4 is 6.09 Å². The van der Waals surface area contributed by atoms with E-state index in [1.165, 1.54) is 12.8 Å². The molecule has 4 heteroatoms. The normalized spacial score (nSPS) is 43.8. The maximum absolute atomic E-state index is 11.6. The Morgan fingerprint density at radius 2 is 2.13 bits per heavy atom. The quantitative estimate of drug-likeness (QED) is 0.705. The molecular weight excluding hydrogens is 192 g/mol. The van der Waals surface area contributed by atoms with Crippen molar-refractivity contribution in [1.82, 2.24) is 10.2 Å². The molecule has 2 atom stereocenters. The van der Waals surface area contributed by atoms with Gasteiger partial charge in [-0.25, -0.2) is 4.79 Å². The number of hydrogen-bond donors (Lipinski definition) is 1. The van der Waals surface area contributed by atoms with Crippen molar-refractivity contribution in [3.8, 4) is 0 Å². The van der Waals surface area contributed by atoms with Crippen molar-refractivity contribution in [3.63, 3.8) is 0 Å². The van der Waals surface area contributed by atoms with Gasteiger partial charge < -0.3 is 10.1 Å². The van der Waals surface area contributed by atoms with E-state index in [0.29, 0.717) is 18.7 Å². The summed E-state index contributed by atoms with van der Waals surface area (Å²) in [5, 5.41) is 3.61. The first kappa shape index (κ1) is 9.46. The van der Waals surface area contributed by atoms with Gasteiger partial charge in [0.25, 0.3) is 0 Å². The van der Waals surface area contributed by atoms with Gasteiger partial charge in [-0.1, -0.05) is 0 Å².